The highest BCUT2D eigenvalue weighted by Crippen LogP contribution is 2.21. The van der Waals surface area contributed by atoms with E-state index in [-0.39, 0.29) is 0 Å². The van der Waals surface area contributed by atoms with E-state index in [0.29, 0.717) is 6.04 Å². The second-order valence-electron chi connectivity index (χ2n) is 2.93. The average Bonchev–Trinajstić information content (AvgIpc) is 2.00. The first-order chi connectivity index (χ1) is 4.80. The standard InChI is InChI=1S/C7H15N.C2H6/c1-6-4-2-3-5-7(6)8;1-2/h6-7H,2-5,8H2,1H3;1-2H3. The Labute approximate surface area is 65.0 Å². The van der Waals surface area contributed by atoms with Crippen LogP contribution in [0.1, 0.15) is 46.5 Å². The van der Waals surface area contributed by atoms with Crippen LogP contribution in [0, 0.1) is 5.92 Å². The van der Waals surface area contributed by atoms with Gasteiger partial charge >= 0.3 is 0 Å². The molecular weight excluding hydrogens is 122 g/mol. The van der Waals surface area contributed by atoms with Crippen molar-refractivity contribution in [3.05, 3.63) is 0 Å². The van der Waals surface area contributed by atoms with Crippen molar-refractivity contribution in [3.8, 4) is 0 Å². The lowest BCUT2D eigenvalue weighted by Crippen LogP contribution is -2.30. The Morgan fingerprint density at radius 3 is 1.90 bits per heavy atom. The number of hydrogen-bond acceptors (Lipinski definition) is 1. The van der Waals surface area contributed by atoms with Crippen LogP contribution in [0.3, 0.4) is 0 Å². The molecule has 1 nitrogen and oxygen atoms in total. The maximum absolute atomic E-state index is 5.78. The van der Waals surface area contributed by atoms with E-state index in [1.54, 1.807) is 0 Å². The molecule has 1 aliphatic carbocycles. The first-order valence-corrected chi connectivity index (χ1v) is 4.56. The molecule has 1 fully saturated rings. The summed E-state index contributed by atoms with van der Waals surface area (Å²) in [6.07, 6.45) is 5.35. The molecule has 2 unspecified atom stereocenters. The summed E-state index contributed by atoms with van der Waals surface area (Å²) in [6.45, 7) is 6.25. The first kappa shape index (κ1) is 9.96. The van der Waals surface area contributed by atoms with Crippen LogP contribution in [0.5, 0.6) is 0 Å². The molecule has 0 radical (unpaired) electrons. The lowest BCUT2D eigenvalue weighted by Gasteiger charge is -2.24. The summed E-state index contributed by atoms with van der Waals surface area (Å²) < 4.78 is 0. The third-order valence-corrected chi connectivity index (χ3v) is 2.18. The molecular formula is C9H21N. The van der Waals surface area contributed by atoms with E-state index < -0.39 is 0 Å². The van der Waals surface area contributed by atoms with Gasteiger partial charge in [0.25, 0.3) is 0 Å². The van der Waals surface area contributed by atoms with Gasteiger partial charge in [0.05, 0.1) is 0 Å². The summed E-state index contributed by atoms with van der Waals surface area (Å²) in [5.41, 5.74) is 5.78. The van der Waals surface area contributed by atoms with Gasteiger partial charge in [0.1, 0.15) is 0 Å². The maximum Gasteiger partial charge on any atom is 0.00645 e. The number of nitrogens with two attached hydrogens (primary N) is 1. The normalized spacial score (nSPS) is 32.4. The van der Waals surface area contributed by atoms with Gasteiger partial charge in [-0.15, -0.1) is 0 Å². The minimum atomic E-state index is 0.503. The van der Waals surface area contributed by atoms with Crippen LogP contribution in [0.25, 0.3) is 0 Å². The lowest BCUT2D eigenvalue weighted by atomic mass is 9.87. The molecule has 10 heavy (non-hydrogen) atoms. The van der Waals surface area contributed by atoms with Gasteiger partial charge in [-0.25, -0.2) is 0 Å². The van der Waals surface area contributed by atoms with Crippen molar-refractivity contribution in [2.45, 2.75) is 52.5 Å². The van der Waals surface area contributed by atoms with E-state index >= 15 is 0 Å². The molecule has 0 heterocycles. The Hall–Kier alpha value is -0.0400. The number of rotatable bonds is 0. The van der Waals surface area contributed by atoms with Crippen molar-refractivity contribution in [1.82, 2.24) is 0 Å². The van der Waals surface area contributed by atoms with E-state index in [0.717, 1.165) is 5.92 Å². The van der Waals surface area contributed by atoms with Crippen LogP contribution in [0.2, 0.25) is 0 Å². The van der Waals surface area contributed by atoms with Crippen LogP contribution >= 0.6 is 0 Å². The fraction of sp³-hybridized carbons (Fsp3) is 1.00. The molecule has 1 heteroatoms. The smallest absolute Gasteiger partial charge is 0.00645 e. The highest BCUT2D eigenvalue weighted by molar-refractivity contribution is 4.73. The maximum atomic E-state index is 5.78. The van der Waals surface area contributed by atoms with Crippen molar-refractivity contribution >= 4 is 0 Å². The van der Waals surface area contributed by atoms with Crippen LogP contribution < -0.4 is 5.73 Å². The summed E-state index contributed by atoms with van der Waals surface area (Å²) in [5, 5.41) is 0. The van der Waals surface area contributed by atoms with Gasteiger partial charge in [-0.05, 0) is 18.8 Å². The predicted octanol–water partition coefficient (Wildman–Crippen LogP) is 2.55. The number of hydrogen-bond donors (Lipinski definition) is 1. The van der Waals surface area contributed by atoms with Crippen molar-refractivity contribution < 1.29 is 0 Å². The molecule has 2 N–H and O–H groups in total. The monoisotopic (exact) mass is 143 g/mol. The van der Waals surface area contributed by atoms with Gasteiger partial charge in [0.2, 0.25) is 0 Å². The van der Waals surface area contributed by atoms with Crippen LogP contribution in [-0.4, -0.2) is 6.04 Å². The van der Waals surface area contributed by atoms with E-state index in [2.05, 4.69) is 6.92 Å². The van der Waals surface area contributed by atoms with Gasteiger partial charge in [0.15, 0.2) is 0 Å². The third-order valence-electron chi connectivity index (χ3n) is 2.18. The zero-order valence-corrected chi connectivity index (χ0v) is 7.56. The SMILES string of the molecule is CC.CC1CCCCC1N. The molecule has 1 saturated carbocycles. The van der Waals surface area contributed by atoms with Crippen molar-refractivity contribution in [3.63, 3.8) is 0 Å². The molecule has 0 aromatic rings. The third kappa shape index (κ3) is 3.21. The Morgan fingerprint density at radius 1 is 1.10 bits per heavy atom. The van der Waals surface area contributed by atoms with E-state index in [1.165, 1.54) is 25.7 Å². The van der Waals surface area contributed by atoms with E-state index in [1.807, 2.05) is 13.8 Å². The Balaban J connectivity index is 0.000000371. The summed E-state index contributed by atoms with van der Waals surface area (Å²) in [7, 11) is 0. The average molecular weight is 143 g/mol. The molecule has 0 amide bonds. The van der Waals surface area contributed by atoms with Crippen LogP contribution in [0.4, 0.5) is 0 Å². The molecule has 1 rings (SSSR count). The fourth-order valence-electron chi connectivity index (χ4n) is 1.34. The Kier molecular flexibility index (Phi) is 5.70. The highest BCUT2D eigenvalue weighted by Gasteiger charge is 2.15. The molecule has 0 aromatic heterocycles. The summed E-state index contributed by atoms with van der Waals surface area (Å²) in [5.74, 6) is 0.781. The molecule has 62 valence electrons. The zero-order valence-electron chi connectivity index (χ0n) is 7.56. The molecule has 0 aliphatic heterocycles. The molecule has 0 bridgehead atoms. The van der Waals surface area contributed by atoms with Crippen molar-refractivity contribution in [2.75, 3.05) is 0 Å². The molecule has 0 saturated heterocycles. The lowest BCUT2D eigenvalue weighted by molar-refractivity contribution is 0.331. The predicted molar refractivity (Wildman–Crippen MR) is 47.0 cm³/mol. The van der Waals surface area contributed by atoms with Gasteiger partial charge in [0, 0.05) is 6.04 Å². The quantitative estimate of drug-likeness (QED) is 0.554. The summed E-state index contributed by atoms with van der Waals surface area (Å²) in [4.78, 5) is 0. The van der Waals surface area contributed by atoms with Crippen LogP contribution in [-0.2, 0) is 0 Å². The second kappa shape index (κ2) is 5.72. The topological polar surface area (TPSA) is 26.0 Å². The van der Waals surface area contributed by atoms with E-state index in [9.17, 15) is 0 Å². The van der Waals surface area contributed by atoms with Crippen molar-refractivity contribution in [1.29, 1.82) is 0 Å². The molecule has 2 atom stereocenters. The van der Waals surface area contributed by atoms with Crippen molar-refractivity contribution in [2.24, 2.45) is 11.7 Å². The van der Waals surface area contributed by atoms with Gasteiger partial charge in [-0.3, -0.25) is 0 Å². The van der Waals surface area contributed by atoms with Crippen LogP contribution in [0.15, 0.2) is 0 Å². The van der Waals surface area contributed by atoms with Gasteiger partial charge in [-0.2, -0.15) is 0 Å². The minimum Gasteiger partial charge on any atom is -0.327 e. The van der Waals surface area contributed by atoms with Gasteiger partial charge in [-0.1, -0.05) is 33.6 Å². The van der Waals surface area contributed by atoms with E-state index in [4.69, 9.17) is 5.73 Å². The minimum absolute atomic E-state index is 0.503. The molecule has 0 aromatic carbocycles. The fourth-order valence-corrected chi connectivity index (χ4v) is 1.34. The first-order valence-electron chi connectivity index (χ1n) is 4.56. The zero-order chi connectivity index (χ0) is 7.98. The largest absolute Gasteiger partial charge is 0.327 e. The molecule has 1 aliphatic rings. The summed E-state index contributed by atoms with van der Waals surface area (Å²) >= 11 is 0. The van der Waals surface area contributed by atoms with Gasteiger partial charge < -0.3 is 5.73 Å². The Bertz CT molecular complexity index is 61.1. The second-order valence-corrected chi connectivity index (χ2v) is 2.93. The molecule has 0 spiro atoms. The Morgan fingerprint density at radius 2 is 1.60 bits per heavy atom. The highest BCUT2D eigenvalue weighted by atomic mass is 14.6. The summed E-state index contributed by atoms with van der Waals surface area (Å²) in [6, 6.07) is 0.503.